The second kappa shape index (κ2) is 9.92. The van der Waals surface area contributed by atoms with Crippen LogP contribution in [0.25, 0.3) is 0 Å². The summed E-state index contributed by atoms with van der Waals surface area (Å²) in [6, 6.07) is 17.3. The number of carbonyl (C=O) groups excluding carboxylic acids is 2. The first-order chi connectivity index (χ1) is 10.1. The molecule has 0 aliphatic rings. The van der Waals surface area contributed by atoms with Crippen LogP contribution in [0.3, 0.4) is 0 Å². The minimum atomic E-state index is -1.28. The molecule has 0 aliphatic carbocycles. The van der Waals surface area contributed by atoms with E-state index in [1.807, 2.05) is 60.7 Å². The Morgan fingerprint density at radius 3 is 1.91 bits per heavy atom. The summed E-state index contributed by atoms with van der Waals surface area (Å²) in [6.45, 7) is 0. The third kappa shape index (κ3) is 6.42. The van der Waals surface area contributed by atoms with Crippen molar-refractivity contribution in [3.63, 3.8) is 0 Å². The summed E-state index contributed by atoms with van der Waals surface area (Å²) < 4.78 is 0. The summed E-state index contributed by atoms with van der Waals surface area (Å²) in [6.07, 6.45) is 0.364. The van der Waals surface area contributed by atoms with E-state index in [4.69, 9.17) is 0 Å². The van der Waals surface area contributed by atoms with Crippen LogP contribution in [0.5, 0.6) is 0 Å². The van der Waals surface area contributed by atoms with Crippen LogP contribution in [0.1, 0.15) is 11.1 Å². The van der Waals surface area contributed by atoms with Crippen LogP contribution >= 0.6 is 0 Å². The molecule has 0 radical (unpaired) electrons. The fraction of sp³-hybridized carbons (Fsp3) is 0.176. The van der Waals surface area contributed by atoms with Crippen molar-refractivity contribution in [1.82, 2.24) is 5.32 Å². The molecule has 0 aliphatic heterocycles. The van der Waals surface area contributed by atoms with Gasteiger partial charge >= 0.3 is 51.4 Å². The second-order valence-corrected chi connectivity index (χ2v) is 4.79. The molecule has 1 amide bonds. The van der Waals surface area contributed by atoms with Gasteiger partial charge in [0.25, 0.3) is 0 Å². The number of carboxylic acids is 1. The van der Waals surface area contributed by atoms with E-state index in [2.05, 4.69) is 5.32 Å². The summed E-state index contributed by atoms with van der Waals surface area (Å²) in [7, 11) is 0. The average Bonchev–Trinajstić information content (AvgIpc) is 2.48. The minimum Gasteiger partial charge on any atom is -0.548 e. The molecule has 0 saturated carbocycles. The van der Waals surface area contributed by atoms with Crippen molar-refractivity contribution < 1.29 is 66.1 Å². The van der Waals surface area contributed by atoms with E-state index < -0.39 is 12.0 Å². The molecule has 0 spiro atoms. The van der Waals surface area contributed by atoms with Gasteiger partial charge in [0.1, 0.15) is 0 Å². The van der Waals surface area contributed by atoms with Crippen LogP contribution in [0, 0.1) is 0 Å². The van der Waals surface area contributed by atoms with E-state index in [-0.39, 0.29) is 70.1 Å². The van der Waals surface area contributed by atoms with Gasteiger partial charge in [-0.15, -0.1) is 0 Å². The Kier molecular flexibility index (Phi) is 8.59. The van der Waals surface area contributed by atoms with Crippen molar-refractivity contribution in [2.75, 3.05) is 0 Å². The predicted molar refractivity (Wildman–Crippen MR) is 77.2 cm³/mol. The summed E-state index contributed by atoms with van der Waals surface area (Å²) in [5.74, 6) is -1.61. The zero-order chi connectivity index (χ0) is 15.1. The van der Waals surface area contributed by atoms with Gasteiger partial charge in [-0.1, -0.05) is 60.7 Å². The molecule has 0 fully saturated rings. The van der Waals surface area contributed by atoms with E-state index in [0.717, 1.165) is 11.1 Å². The molecule has 1 atom stereocenters. The number of hydrogen-bond donors (Lipinski definition) is 1. The zero-order valence-electron chi connectivity index (χ0n) is 12.5. The van der Waals surface area contributed by atoms with Crippen LogP contribution in [0.2, 0.25) is 0 Å². The van der Waals surface area contributed by atoms with Gasteiger partial charge in [-0.05, 0) is 17.5 Å². The molecule has 0 saturated heterocycles. The first kappa shape index (κ1) is 19.1. The van der Waals surface area contributed by atoms with Crippen molar-refractivity contribution in [1.29, 1.82) is 0 Å². The van der Waals surface area contributed by atoms with Gasteiger partial charge in [0.2, 0.25) is 5.91 Å². The standard InChI is InChI=1S/C17H17NO3.K/c19-16(12-14-9-5-2-6-10-14)18-15(17(20)21)11-13-7-3-1-4-8-13;/h1-10,15H,11-12H2,(H,18,19)(H,20,21);/q;+1/p-1/t15-;/m0./s1. The summed E-state index contributed by atoms with van der Waals surface area (Å²) in [5, 5.41) is 13.7. The number of hydrogen-bond acceptors (Lipinski definition) is 3. The molecule has 22 heavy (non-hydrogen) atoms. The molecule has 1 N–H and O–H groups in total. The van der Waals surface area contributed by atoms with Crippen LogP contribution in [0.4, 0.5) is 0 Å². The van der Waals surface area contributed by atoms with Crippen LogP contribution < -0.4 is 61.8 Å². The van der Waals surface area contributed by atoms with Crippen molar-refractivity contribution in [2.24, 2.45) is 0 Å². The summed E-state index contributed by atoms with van der Waals surface area (Å²) in [5.41, 5.74) is 1.68. The first-order valence-corrected chi connectivity index (χ1v) is 6.73. The molecule has 108 valence electrons. The Morgan fingerprint density at radius 2 is 1.41 bits per heavy atom. The van der Waals surface area contributed by atoms with Crippen molar-refractivity contribution in [3.8, 4) is 0 Å². The van der Waals surface area contributed by atoms with Gasteiger partial charge in [0, 0.05) is 0 Å². The maximum Gasteiger partial charge on any atom is 1.00 e. The second-order valence-electron chi connectivity index (χ2n) is 4.79. The third-order valence-corrected chi connectivity index (χ3v) is 3.11. The zero-order valence-corrected chi connectivity index (χ0v) is 15.6. The average molecular weight is 321 g/mol. The quantitative estimate of drug-likeness (QED) is 0.609. The molecule has 2 rings (SSSR count). The number of carboxylic acid groups (broad SMARTS) is 1. The monoisotopic (exact) mass is 321 g/mol. The Balaban J connectivity index is 0.00000242. The normalized spacial score (nSPS) is 11.1. The van der Waals surface area contributed by atoms with Crippen LogP contribution in [-0.2, 0) is 22.4 Å². The molecule has 0 aromatic heterocycles. The molecular weight excluding hydrogens is 305 g/mol. The molecule has 0 bridgehead atoms. The number of carbonyl (C=O) groups is 2. The molecule has 0 heterocycles. The van der Waals surface area contributed by atoms with Gasteiger partial charge in [0.15, 0.2) is 0 Å². The fourth-order valence-electron chi connectivity index (χ4n) is 2.07. The van der Waals surface area contributed by atoms with E-state index in [0.29, 0.717) is 0 Å². The largest absolute Gasteiger partial charge is 1.00 e. The summed E-state index contributed by atoms with van der Waals surface area (Å²) in [4.78, 5) is 23.1. The number of rotatable bonds is 6. The smallest absolute Gasteiger partial charge is 0.548 e. The molecule has 0 unspecified atom stereocenters. The van der Waals surface area contributed by atoms with Crippen molar-refractivity contribution in [2.45, 2.75) is 18.9 Å². The Morgan fingerprint density at radius 1 is 0.909 bits per heavy atom. The van der Waals surface area contributed by atoms with Crippen molar-refractivity contribution in [3.05, 3.63) is 71.8 Å². The topological polar surface area (TPSA) is 69.2 Å². The molecule has 2 aromatic carbocycles. The first-order valence-electron chi connectivity index (χ1n) is 6.73. The Hall–Kier alpha value is -0.984. The van der Waals surface area contributed by atoms with E-state index >= 15 is 0 Å². The van der Waals surface area contributed by atoms with E-state index in [1.54, 1.807) is 0 Å². The van der Waals surface area contributed by atoms with E-state index in [1.165, 1.54) is 0 Å². The number of nitrogens with one attached hydrogen (secondary N) is 1. The molecule has 5 heteroatoms. The maximum absolute atomic E-state index is 11.9. The van der Waals surface area contributed by atoms with Crippen LogP contribution in [0.15, 0.2) is 60.7 Å². The van der Waals surface area contributed by atoms with Gasteiger partial charge in [0.05, 0.1) is 18.4 Å². The minimum absolute atomic E-state index is 0. The Labute approximate surface area is 172 Å². The van der Waals surface area contributed by atoms with Gasteiger partial charge in [-0.3, -0.25) is 4.79 Å². The van der Waals surface area contributed by atoms with Crippen molar-refractivity contribution >= 4 is 11.9 Å². The Bertz CT molecular complexity index is 602. The molecule has 4 nitrogen and oxygen atoms in total. The number of aliphatic carboxylic acids is 1. The molecular formula is C17H16KNO3. The molecule has 2 aromatic rings. The van der Waals surface area contributed by atoms with Gasteiger partial charge in [-0.2, -0.15) is 0 Å². The van der Waals surface area contributed by atoms with E-state index in [9.17, 15) is 14.7 Å². The number of benzene rings is 2. The van der Waals surface area contributed by atoms with Gasteiger partial charge in [-0.25, -0.2) is 0 Å². The number of amides is 1. The SMILES string of the molecule is O=C(Cc1ccccc1)N[C@@H](Cc1ccccc1)C(=O)[O-].[K+]. The maximum atomic E-state index is 11.9. The third-order valence-electron chi connectivity index (χ3n) is 3.11. The van der Waals surface area contributed by atoms with Gasteiger partial charge < -0.3 is 15.2 Å². The summed E-state index contributed by atoms with van der Waals surface area (Å²) >= 11 is 0. The van der Waals surface area contributed by atoms with Crippen LogP contribution in [-0.4, -0.2) is 17.9 Å². The predicted octanol–water partition coefficient (Wildman–Crippen LogP) is -2.29. The fourth-order valence-corrected chi connectivity index (χ4v) is 2.07.